The average molecular weight is 225 g/mol. The van der Waals surface area contributed by atoms with Gasteiger partial charge in [-0.1, -0.05) is 6.08 Å². The molecule has 0 saturated carbocycles. The first-order valence-electron chi connectivity index (χ1n) is 4.23. The third-order valence-corrected chi connectivity index (χ3v) is 1.86. The lowest BCUT2D eigenvalue weighted by atomic mass is 10.5. The van der Waals surface area contributed by atoms with E-state index >= 15 is 0 Å². The minimum atomic E-state index is -3.40. The highest BCUT2D eigenvalue weighted by Gasteiger charge is 2.24. The van der Waals surface area contributed by atoms with Gasteiger partial charge in [0, 0.05) is 6.08 Å². The number of carbonyl (C=O) groups is 1. The zero-order valence-electron chi connectivity index (χ0n) is 8.67. The molecule has 0 unspecified atom stereocenters. The smallest absolute Gasteiger partial charge is 0.403 e. The first-order chi connectivity index (χ1) is 6.37. The lowest BCUT2D eigenvalue weighted by Crippen LogP contribution is -1.98. The third kappa shape index (κ3) is 17.6. The van der Waals surface area contributed by atoms with Gasteiger partial charge in [0.25, 0.3) is 0 Å². The number of hydrogen-bond acceptors (Lipinski definition) is 5. The van der Waals surface area contributed by atoms with Gasteiger partial charge in [0.05, 0.1) is 6.61 Å². The van der Waals surface area contributed by atoms with Gasteiger partial charge in [0.15, 0.2) is 0 Å². The standard InChI is InChI=1S/C6H10O2.C2H8O3P/c1-3-5-6(7)8-4-2;1-2-6(3,4)5/h3,5H,4H2,1-2H3;3-5H,2H2,1H3/q;+1/b5-3+;. The van der Waals surface area contributed by atoms with Crippen LogP contribution in [0.15, 0.2) is 12.2 Å². The summed E-state index contributed by atoms with van der Waals surface area (Å²) in [5.41, 5.74) is 0. The first-order valence-corrected chi connectivity index (χ1v) is 6.06. The van der Waals surface area contributed by atoms with E-state index in [9.17, 15) is 4.79 Å². The second kappa shape index (κ2) is 9.09. The van der Waals surface area contributed by atoms with Crippen LogP contribution in [0.25, 0.3) is 0 Å². The highest BCUT2D eigenvalue weighted by Crippen LogP contribution is 2.43. The summed E-state index contributed by atoms with van der Waals surface area (Å²) in [6.07, 6.45) is 3.09. The zero-order chi connectivity index (χ0) is 11.6. The van der Waals surface area contributed by atoms with E-state index in [1.165, 1.54) is 13.0 Å². The lowest BCUT2D eigenvalue weighted by molar-refractivity contribution is -0.137. The highest BCUT2D eigenvalue weighted by molar-refractivity contribution is 7.58. The van der Waals surface area contributed by atoms with E-state index in [1.807, 2.05) is 0 Å². The topological polar surface area (TPSA) is 87.0 Å². The molecule has 0 aromatic heterocycles. The van der Waals surface area contributed by atoms with Crippen molar-refractivity contribution >= 4 is 13.9 Å². The maximum atomic E-state index is 10.3. The Hall–Kier alpha value is -0.480. The molecule has 0 aromatic rings. The summed E-state index contributed by atoms with van der Waals surface area (Å²) in [5, 5.41) is 0. The van der Waals surface area contributed by atoms with E-state index in [1.54, 1.807) is 19.9 Å². The van der Waals surface area contributed by atoms with Gasteiger partial charge in [0.2, 0.25) is 0 Å². The molecule has 0 radical (unpaired) electrons. The summed E-state index contributed by atoms with van der Waals surface area (Å²) < 4.78 is 4.56. The highest BCUT2D eigenvalue weighted by atomic mass is 31.2. The van der Waals surface area contributed by atoms with Crippen LogP contribution in [0.4, 0.5) is 0 Å². The molecular weight excluding hydrogens is 207 g/mol. The lowest BCUT2D eigenvalue weighted by Gasteiger charge is -1.95. The molecule has 14 heavy (non-hydrogen) atoms. The van der Waals surface area contributed by atoms with Gasteiger partial charge in [-0.05, 0) is 20.8 Å². The predicted molar refractivity (Wildman–Crippen MR) is 55.6 cm³/mol. The Kier molecular flexibility index (Phi) is 10.4. The molecule has 0 bridgehead atoms. The maximum Gasteiger partial charge on any atom is 0.403 e. The summed E-state index contributed by atoms with van der Waals surface area (Å²) in [4.78, 5) is 34.5. The molecule has 0 aromatic carbocycles. The minimum Gasteiger partial charge on any atom is -0.463 e. The molecule has 5 nitrogen and oxygen atoms in total. The Bertz CT molecular complexity index is 173. The van der Waals surface area contributed by atoms with Crippen LogP contribution in [0, 0.1) is 0 Å². The van der Waals surface area contributed by atoms with Crippen LogP contribution in [0.2, 0.25) is 0 Å². The Morgan fingerprint density at radius 2 is 1.79 bits per heavy atom. The number of carbonyl (C=O) groups excluding carboxylic acids is 1. The summed E-state index contributed by atoms with van der Waals surface area (Å²) in [6, 6.07) is 0. The number of hydrogen-bond donors (Lipinski definition) is 3. The fraction of sp³-hybridized carbons (Fsp3) is 0.625. The third-order valence-electron chi connectivity index (χ3n) is 1.01. The fourth-order valence-electron chi connectivity index (χ4n) is 0.326. The van der Waals surface area contributed by atoms with E-state index in [0.717, 1.165) is 0 Å². The van der Waals surface area contributed by atoms with Crippen LogP contribution in [0.1, 0.15) is 20.8 Å². The Labute approximate surface area is 84.6 Å². The average Bonchev–Trinajstić information content (AvgIpc) is 2.05. The fourth-order valence-corrected chi connectivity index (χ4v) is 0.326. The molecule has 3 N–H and O–H groups in total. The van der Waals surface area contributed by atoms with Crippen LogP contribution in [-0.4, -0.2) is 33.4 Å². The summed E-state index contributed by atoms with van der Waals surface area (Å²) in [6.45, 7) is 5.51. The van der Waals surface area contributed by atoms with Gasteiger partial charge in [0.1, 0.15) is 6.16 Å². The van der Waals surface area contributed by atoms with Crippen LogP contribution < -0.4 is 0 Å². The van der Waals surface area contributed by atoms with Crippen molar-refractivity contribution in [2.75, 3.05) is 12.8 Å². The van der Waals surface area contributed by atoms with Crippen LogP contribution in [0.3, 0.4) is 0 Å². The number of ether oxygens (including phenoxy) is 1. The Morgan fingerprint density at radius 3 is 2.00 bits per heavy atom. The molecule has 6 heteroatoms. The monoisotopic (exact) mass is 225 g/mol. The molecule has 0 spiro atoms. The van der Waals surface area contributed by atoms with E-state index < -0.39 is 7.94 Å². The van der Waals surface area contributed by atoms with E-state index in [4.69, 9.17) is 14.7 Å². The number of allylic oxidation sites excluding steroid dienone is 1. The largest absolute Gasteiger partial charge is 0.463 e. The molecule has 0 aliphatic carbocycles. The maximum absolute atomic E-state index is 10.3. The van der Waals surface area contributed by atoms with E-state index in [-0.39, 0.29) is 12.1 Å². The van der Waals surface area contributed by atoms with Gasteiger partial charge in [-0.2, -0.15) is 14.7 Å². The number of rotatable bonds is 3. The van der Waals surface area contributed by atoms with Crippen molar-refractivity contribution in [3.8, 4) is 0 Å². The summed E-state index contributed by atoms with van der Waals surface area (Å²) >= 11 is 0. The van der Waals surface area contributed by atoms with Crippen molar-refractivity contribution < 1.29 is 24.2 Å². The quantitative estimate of drug-likeness (QED) is 0.377. The normalized spacial score (nSPS) is 10.7. The molecule has 0 fully saturated rings. The predicted octanol–water partition coefficient (Wildman–Crippen LogP) is 0.871. The molecule has 0 aliphatic rings. The van der Waals surface area contributed by atoms with Crippen molar-refractivity contribution in [2.24, 2.45) is 0 Å². The first kappa shape index (κ1) is 16.0. The van der Waals surface area contributed by atoms with Gasteiger partial charge >= 0.3 is 13.9 Å². The van der Waals surface area contributed by atoms with E-state index in [0.29, 0.717) is 6.61 Å². The molecule has 0 atom stereocenters. The van der Waals surface area contributed by atoms with Crippen LogP contribution in [-0.2, 0) is 9.53 Å². The second-order valence-corrected chi connectivity index (χ2v) is 4.28. The van der Waals surface area contributed by atoms with Crippen molar-refractivity contribution in [1.82, 2.24) is 0 Å². The van der Waals surface area contributed by atoms with Crippen molar-refractivity contribution in [1.29, 1.82) is 0 Å². The Morgan fingerprint density at radius 1 is 1.36 bits per heavy atom. The minimum absolute atomic E-state index is 0.0486. The molecule has 0 aliphatic heterocycles. The molecular formula is C8H18O5P+. The summed E-state index contributed by atoms with van der Waals surface area (Å²) in [5.74, 6) is -0.269. The van der Waals surface area contributed by atoms with Gasteiger partial charge < -0.3 is 4.74 Å². The number of esters is 1. The Balaban J connectivity index is 0. The van der Waals surface area contributed by atoms with Crippen molar-refractivity contribution in [3.05, 3.63) is 12.2 Å². The van der Waals surface area contributed by atoms with Gasteiger partial charge in [-0.3, -0.25) is 0 Å². The van der Waals surface area contributed by atoms with E-state index in [2.05, 4.69) is 4.74 Å². The zero-order valence-corrected chi connectivity index (χ0v) is 9.57. The molecule has 0 rings (SSSR count). The second-order valence-electron chi connectivity index (χ2n) is 2.26. The summed E-state index contributed by atoms with van der Waals surface area (Å²) in [7, 11) is -3.40. The van der Waals surface area contributed by atoms with Gasteiger partial charge in [-0.15, -0.1) is 0 Å². The molecule has 84 valence electrons. The van der Waals surface area contributed by atoms with Crippen LogP contribution >= 0.6 is 7.94 Å². The van der Waals surface area contributed by atoms with Crippen molar-refractivity contribution in [2.45, 2.75) is 20.8 Å². The van der Waals surface area contributed by atoms with Crippen LogP contribution in [0.5, 0.6) is 0 Å². The SMILES string of the molecule is C/C=C/C(=O)OCC.CC[P+](O)(O)O. The van der Waals surface area contributed by atoms with Crippen molar-refractivity contribution in [3.63, 3.8) is 0 Å². The van der Waals surface area contributed by atoms with Gasteiger partial charge in [-0.25, -0.2) is 4.79 Å². The molecule has 0 heterocycles. The molecule has 0 saturated heterocycles. The molecule has 0 amide bonds.